The molecule has 5 heteroatoms. The zero-order valence-corrected chi connectivity index (χ0v) is 10.8. The highest BCUT2D eigenvalue weighted by molar-refractivity contribution is 6.00. The lowest BCUT2D eigenvalue weighted by atomic mass is 10.1. The van der Waals surface area contributed by atoms with Crippen molar-refractivity contribution in [1.29, 1.82) is 0 Å². The topological polar surface area (TPSA) is 56.3 Å². The maximum atomic E-state index is 13.3. The molecule has 1 aromatic carbocycles. The summed E-state index contributed by atoms with van der Waals surface area (Å²) in [4.78, 5) is 27.4. The van der Waals surface area contributed by atoms with E-state index in [1.807, 2.05) is 0 Å². The first-order valence-corrected chi connectivity index (χ1v) is 6.06. The average molecular weight is 273 g/mol. The van der Waals surface area contributed by atoms with Gasteiger partial charge in [-0.25, -0.2) is 9.18 Å². The first-order chi connectivity index (χ1) is 9.61. The lowest BCUT2D eigenvalue weighted by Crippen LogP contribution is -2.11. The van der Waals surface area contributed by atoms with Crippen molar-refractivity contribution in [3.63, 3.8) is 0 Å². The van der Waals surface area contributed by atoms with Crippen LogP contribution in [0.25, 0.3) is 0 Å². The number of benzene rings is 1. The molecule has 0 spiro atoms. The molecule has 0 bridgehead atoms. The number of nitrogens with zero attached hydrogens (tertiary/aromatic N) is 1. The van der Waals surface area contributed by atoms with Gasteiger partial charge in [0, 0.05) is 24.9 Å². The quantitative estimate of drug-likeness (QED) is 0.488. The summed E-state index contributed by atoms with van der Waals surface area (Å²) in [6, 6.07) is 6.46. The summed E-state index contributed by atoms with van der Waals surface area (Å²) in [7, 11) is 0. The smallest absolute Gasteiger partial charge is 0.343 e. The molecule has 1 aromatic heterocycles. The van der Waals surface area contributed by atoms with Crippen molar-refractivity contribution >= 4 is 11.8 Å². The zero-order valence-electron chi connectivity index (χ0n) is 10.8. The van der Waals surface area contributed by atoms with Gasteiger partial charge in [0.15, 0.2) is 5.78 Å². The van der Waals surface area contributed by atoms with Crippen LogP contribution in [0.4, 0.5) is 4.39 Å². The second-order valence-electron chi connectivity index (χ2n) is 4.04. The summed E-state index contributed by atoms with van der Waals surface area (Å²) in [5, 5.41) is 0. The Hall–Kier alpha value is -2.56. The summed E-state index contributed by atoms with van der Waals surface area (Å²) < 4.78 is 18.4. The summed E-state index contributed by atoms with van der Waals surface area (Å²) in [5.74, 6) is -1.53. The Morgan fingerprint density at radius 2 is 1.90 bits per heavy atom. The number of rotatable bonds is 4. The normalized spacial score (nSPS) is 10.1. The molecule has 0 unspecified atom stereocenters. The van der Waals surface area contributed by atoms with E-state index in [2.05, 4.69) is 4.98 Å². The van der Waals surface area contributed by atoms with E-state index in [4.69, 9.17) is 4.74 Å². The second kappa shape index (κ2) is 6.06. The number of pyridine rings is 1. The van der Waals surface area contributed by atoms with Gasteiger partial charge in [-0.05, 0) is 24.3 Å². The van der Waals surface area contributed by atoms with E-state index in [-0.39, 0.29) is 29.1 Å². The first-order valence-electron chi connectivity index (χ1n) is 6.06. The minimum Gasteiger partial charge on any atom is -0.422 e. The Balaban J connectivity index is 2.31. The van der Waals surface area contributed by atoms with Gasteiger partial charge >= 0.3 is 5.97 Å². The van der Waals surface area contributed by atoms with Crippen molar-refractivity contribution in [2.45, 2.75) is 13.3 Å². The van der Waals surface area contributed by atoms with E-state index in [9.17, 15) is 14.0 Å². The molecule has 0 fully saturated rings. The number of hydrogen-bond acceptors (Lipinski definition) is 4. The van der Waals surface area contributed by atoms with Gasteiger partial charge in [0.1, 0.15) is 11.6 Å². The maximum Gasteiger partial charge on any atom is 0.343 e. The van der Waals surface area contributed by atoms with Crippen molar-refractivity contribution in [1.82, 2.24) is 4.98 Å². The third-order valence-corrected chi connectivity index (χ3v) is 2.68. The molecule has 0 N–H and O–H groups in total. The van der Waals surface area contributed by atoms with Crippen LogP contribution in [0.3, 0.4) is 0 Å². The van der Waals surface area contributed by atoms with Crippen LogP contribution in [0.5, 0.6) is 5.75 Å². The molecule has 0 aliphatic heterocycles. The number of ether oxygens (including phenoxy) is 1. The van der Waals surface area contributed by atoms with Crippen LogP contribution in [-0.2, 0) is 0 Å². The number of carbonyl (C=O) groups is 2. The largest absolute Gasteiger partial charge is 0.422 e. The number of esters is 1. The Morgan fingerprint density at radius 3 is 2.55 bits per heavy atom. The van der Waals surface area contributed by atoms with Gasteiger partial charge in [-0.1, -0.05) is 6.92 Å². The molecule has 0 aliphatic rings. The molecule has 0 saturated carbocycles. The van der Waals surface area contributed by atoms with Gasteiger partial charge in [-0.15, -0.1) is 0 Å². The van der Waals surface area contributed by atoms with Crippen LogP contribution < -0.4 is 4.74 Å². The average Bonchev–Trinajstić information content (AvgIpc) is 2.47. The van der Waals surface area contributed by atoms with Gasteiger partial charge in [0.2, 0.25) is 0 Å². The second-order valence-corrected chi connectivity index (χ2v) is 4.04. The molecule has 2 rings (SSSR count). The molecule has 0 atom stereocenters. The van der Waals surface area contributed by atoms with Crippen molar-refractivity contribution < 1.29 is 18.7 Å². The fourth-order valence-electron chi connectivity index (χ4n) is 1.65. The van der Waals surface area contributed by atoms with E-state index in [0.29, 0.717) is 0 Å². The molecule has 0 radical (unpaired) electrons. The molecule has 0 aliphatic carbocycles. The maximum absolute atomic E-state index is 13.3. The van der Waals surface area contributed by atoms with Crippen molar-refractivity contribution in [3.05, 3.63) is 59.7 Å². The van der Waals surface area contributed by atoms with Crippen LogP contribution in [0.2, 0.25) is 0 Å². The predicted molar refractivity (Wildman–Crippen MR) is 70.2 cm³/mol. The summed E-state index contributed by atoms with van der Waals surface area (Å²) in [6.45, 7) is 1.68. The minimum atomic E-state index is -0.664. The van der Waals surface area contributed by atoms with Crippen LogP contribution in [0, 0.1) is 5.82 Å². The number of carbonyl (C=O) groups excluding carboxylic acids is 2. The third kappa shape index (κ3) is 3.06. The minimum absolute atomic E-state index is 0.0707. The van der Waals surface area contributed by atoms with Gasteiger partial charge < -0.3 is 4.74 Å². The molecule has 4 nitrogen and oxygen atoms in total. The number of aromatic nitrogens is 1. The highest BCUT2D eigenvalue weighted by Gasteiger charge is 2.16. The third-order valence-electron chi connectivity index (χ3n) is 2.68. The standard InChI is InChI=1S/C15H12FNO3/c1-2-13(18)12-4-3-11(16)9-14(12)20-15(19)10-5-7-17-8-6-10/h3-9H,2H2,1H3. The number of halogens is 1. The predicted octanol–water partition coefficient (Wildman–Crippen LogP) is 3.03. The molecule has 2 aromatic rings. The van der Waals surface area contributed by atoms with Crippen LogP contribution >= 0.6 is 0 Å². The molecule has 0 amide bonds. The summed E-state index contributed by atoms with van der Waals surface area (Å²) in [6.07, 6.45) is 3.13. The molecule has 20 heavy (non-hydrogen) atoms. The van der Waals surface area contributed by atoms with E-state index in [0.717, 1.165) is 12.1 Å². The SMILES string of the molecule is CCC(=O)c1ccc(F)cc1OC(=O)c1ccncc1. The fraction of sp³-hybridized carbons (Fsp3) is 0.133. The molecule has 0 saturated heterocycles. The fourth-order valence-corrected chi connectivity index (χ4v) is 1.65. The Bertz CT molecular complexity index is 641. The zero-order chi connectivity index (χ0) is 14.5. The Kier molecular flexibility index (Phi) is 4.20. The van der Waals surface area contributed by atoms with Gasteiger partial charge in [-0.2, -0.15) is 0 Å². The number of Topliss-reactive ketones (excluding diaryl/α,β-unsaturated/α-hetero) is 1. The van der Waals surface area contributed by atoms with Crippen molar-refractivity contribution in [3.8, 4) is 5.75 Å². The lowest BCUT2D eigenvalue weighted by Gasteiger charge is -2.09. The van der Waals surface area contributed by atoms with Crippen LogP contribution in [0.15, 0.2) is 42.7 Å². The molecular weight excluding hydrogens is 261 g/mol. The highest BCUT2D eigenvalue weighted by atomic mass is 19.1. The van der Waals surface area contributed by atoms with Gasteiger partial charge in [-0.3, -0.25) is 9.78 Å². The van der Waals surface area contributed by atoms with E-state index < -0.39 is 11.8 Å². The Morgan fingerprint density at radius 1 is 1.20 bits per heavy atom. The van der Waals surface area contributed by atoms with Crippen molar-refractivity contribution in [2.24, 2.45) is 0 Å². The van der Waals surface area contributed by atoms with E-state index in [1.54, 1.807) is 6.92 Å². The molecular formula is C15H12FNO3. The van der Waals surface area contributed by atoms with Crippen LogP contribution in [-0.4, -0.2) is 16.7 Å². The number of ketones is 1. The number of hydrogen-bond donors (Lipinski definition) is 0. The molecule has 1 heterocycles. The lowest BCUT2D eigenvalue weighted by molar-refractivity contribution is 0.0732. The summed E-state index contributed by atoms with van der Waals surface area (Å²) in [5.41, 5.74) is 0.468. The summed E-state index contributed by atoms with van der Waals surface area (Å²) >= 11 is 0. The van der Waals surface area contributed by atoms with Gasteiger partial charge in [0.25, 0.3) is 0 Å². The van der Waals surface area contributed by atoms with Crippen LogP contribution in [0.1, 0.15) is 34.1 Å². The van der Waals surface area contributed by atoms with Gasteiger partial charge in [0.05, 0.1) is 11.1 Å². The molecule has 102 valence electrons. The van der Waals surface area contributed by atoms with E-state index >= 15 is 0 Å². The monoisotopic (exact) mass is 273 g/mol. The Labute approximate surface area is 115 Å². The van der Waals surface area contributed by atoms with Crippen molar-refractivity contribution in [2.75, 3.05) is 0 Å². The highest BCUT2D eigenvalue weighted by Crippen LogP contribution is 2.22. The first kappa shape index (κ1) is 13.9. The van der Waals surface area contributed by atoms with E-state index in [1.165, 1.54) is 30.6 Å².